The Bertz CT molecular complexity index is 608. The smallest absolute Gasteiger partial charge is 0.458 e. The molecular weight excluding hydrogens is 367 g/mol. The van der Waals surface area contributed by atoms with E-state index in [1.54, 1.807) is 32.7 Å². The number of likely N-dealkylation sites (tertiary alicyclic amines) is 1. The Morgan fingerprint density at radius 2 is 1.70 bits per heavy atom. The minimum absolute atomic E-state index is 0.00441. The van der Waals surface area contributed by atoms with E-state index in [2.05, 4.69) is 6.07 Å². The van der Waals surface area contributed by atoms with Gasteiger partial charge in [-0.05, 0) is 54.5 Å². The third-order valence-corrected chi connectivity index (χ3v) is 3.94. The maximum Gasteiger partial charge on any atom is 0.473 e. The molecule has 0 aromatic rings. The largest absolute Gasteiger partial charge is 0.473 e. The lowest BCUT2D eigenvalue weighted by atomic mass is 9.99. The summed E-state index contributed by atoms with van der Waals surface area (Å²) in [7, 11) is 1.58. The van der Waals surface area contributed by atoms with Crippen LogP contribution in [0.15, 0.2) is 0 Å². The maximum atomic E-state index is 13.1. The lowest BCUT2D eigenvalue weighted by Crippen LogP contribution is -2.58. The Balaban J connectivity index is 3.08. The second kappa shape index (κ2) is 8.02. The molecule has 2 atom stereocenters. The molecule has 0 aromatic carbocycles. The molecule has 0 aliphatic carbocycles. The zero-order chi connectivity index (χ0) is 21.2. The Kier molecular flexibility index (Phi) is 6.89. The van der Waals surface area contributed by atoms with Crippen LogP contribution in [0.4, 0.5) is 13.2 Å². The van der Waals surface area contributed by atoms with Crippen molar-refractivity contribution >= 4 is 11.9 Å². The fraction of sp³-hybridized carbons (Fsp3) is 0.824. The van der Waals surface area contributed by atoms with Gasteiger partial charge in [-0.1, -0.05) is 0 Å². The Hall–Kier alpha value is -1.86. The fourth-order valence-electron chi connectivity index (χ4n) is 2.57. The molecule has 1 rings (SSSR count). The van der Waals surface area contributed by atoms with Crippen molar-refractivity contribution < 1.29 is 32.3 Å². The van der Waals surface area contributed by atoms with Crippen LogP contribution < -0.4 is 0 Å². The molecule has 0 saturated carbocycles. The van der Waals surface area contributed by atoms with Gasteiger partial charge in [0.05, 0.1) is 18.2 Å². The third-order valence-electron chi connectivity index (χ3n) is 3.94. The van der Waals surface area contributed by atoms with Gasteiger partial charge in [-0.25, -0.2) is 9.86 Å². The number of nitriles is 1. The first-order valence-electron chi connectivity index (χ1n) is 8.51. The predicted molar refractivity (Wildman–Crippen MR) is 89.0 cm³/mol. The minimum Gasteiger partial charge on any atom is -0.458 e. The summed E-state index contributed by atoms with van der Waals surface area (Å²) in [5.74, 6) is -3.10. The maximum absolute atomic E-state index is 13.1. The highest BCUT2D eigenvalue weighted by molar-refractivity contribution is 5.82. The van der Waals surface area contributed by atoms with E-state index in [-0.39, 0.29) is 24.4 Å². The van der Waals surface area contributed by atoms with Gasteiger partial charge < -0.3 is 4.74 Å². The van der Waals surface area contributed by atoms with Gasteiger partial charge in [-0.3, -0.25) is 14.5 Å². The highest BCUT2D eigenvalue weighted by Gasteiger charge is 2.50. The molecule has 1 heterocycles. The number of alkyl halides is 3. The topological polar surface area (TPSA) is 82.9 Å². The normalized spacial score (nSPS) is 22.1. The molecule has 0 radical (unpaired) electrons. The van der Waals surface area contributed by atoms with E-state index in [1.807, 2.05) is 0 Å². The van der Waals surface area contributed by atoms with Crippen LogP contribution in [0.3, 0.4) is 0 Å². The van der Waals surface area contributed by atoms with Crippen molar-refractivity contribution in [3.8, 4) is 6.07 Å². The number of rotatable bonds is 4. The lowest BCUT2D eigenvalue weighted by Gasteiger charge is -2.41. The fourth-order valence-corrected chi connectivity index (χ4v) is 2.57. The van der Waals surface area contributed by atoms with Crippen LogP contribution in [0.2, 0.25) is 0 Å². The van der Waals surface area contributed by atoms with Crippen molar-refractivity contribution in [2.75, 3.05) is 13.6 Å². The number of likely N-dealkylation sites (N-methyl/N-ethyl adjacent to an activating group) is 1. The highest BCUT2D eigenvalue weighted by atomic mass is 19.4. The molecular formula is C17H26F3N3O4. The van der Waals surface area contributed by atoms with Crippen molar-refractivity contribution in [3.63, 3.8) is 0 Å². The van der Waals surface area contributed by atoms with Gasteiger partial charge in [0.2, 0.25) is 0 Å². The molecule has 0 bridgehead atoms. The van der Waals surface area contributed by atoms with Crippen molar-refractivity contribution in [2.24, 2.45) is 0 Å². The van der Waals surface area contributed by atoms with E-state index in [0.717, 1.165) is 0 Å². The summed E-state index contributed by atoms with van der Waals surface area (Å²) in [6.07, 6.45) is -4.76. The van der Waals surface area contributed by atoms with Gasteiger partial charge >= 0.3 is 18.1 Å². The lowest BCUT2D eigenvalue weighted by molar-refractivity contribution is -0.278. The molecule has 0 aromatic heterocycles. The number of amides is 1. The highest BCUT2D eigenvalue weighted by Crippen LogP contribution is 2.29. The van der Waals surface area contributed by atoms with Gasteiger partial charge in [-0.2, -0.15) is 18.4 Å². The summed E-state index contributed by atoms with van der Waals surface area (Å²) < 4.78 is 44.4. The first kappa shape index (κ1) is 23.2. The summed E-state index contributed by atoms with van der Waals surface area (Å²) in [4.78, 5) is 31.1. The van der Waals surface area contributed by atoms with E-state index >= 15 is 0 Å². The Morgan fingerprint density at radius 3 is 2.11 bits per heavy atom. The monoisotopic (exact) mass is 393 g/mol. The van der Waals surface area contributed by atoms with Crippen LogP contribution in [-0.2, 0) is 19.2 Å². The number of piperidine rings is 1. The van der Waals surface area contributed by atoms with Gasteiger partial charge in [0.25, 0.3) is 0 Å². The third kappa shape index (κ3) is 6.36. The molecule has 1 saturated heterocycles. The summed E-state index contributed by atoms with van der Waals surface area (Å²) in [6, 6.07) is 0.632. The van der Waals surface area contributed by atoms with Crippen LogP contribution in [0.5, 0.6) is 0 Å². The standard InChI is InChI=1S/C17H26F3N3O4/c1-15(2,3)26-14(25)16(4,5)27-23(13(24)17(18,19)20)12-8-7-11(9-21)22(6)10-12/h11-12H,7-8,10H2,1-6H3/t11-,12+/m0/s1. The van der Waals surface area contributed by atoms with Crippen LogP contribution in [0, 0.1) is 11.3 Å². The molecule has 1 fully saturated rings. The number of hydrogen-bond donors (Lipinski definition) is 0. The molecule has 0 spiro atoms. The number of hydrogen-bond acceptors (Lipinski definition) is 6. The second-order valence-corrected chi connectivity index (χ2v) is 8.05. The second-order valence-electron chi connectivity index (χ2n) is 8.05. The Labute approximate surface area is 156 Å². The molecule has 10 heteroatoms. The first-order chi connectivity index (χ1) is 12.1. The van der Waals surface area contributed by atoms with Crippen LogP contribution in [0.1, 0.15) is 47.5 Å². The zero-order valence-electron chi connectivity index (χ0n) is 16.4. The van der Waals surface area contributed by atoms with Crippen LogP contribution in [-0.4, -0.2) is 64.9 Å². The number of esters is 1. The van der Waals surface area contributed by atoms with Gasteiger partial charge in [0, 0.05) is 6.54 Å². The van der Waals surface area contributed by atoms with Crippen molar-refractivity contribution in [1.82, 2.24) is 9.96 Å². The van der Waals surface area contributed by atoms with E-state index in [4.69, 9.17) is 14.8 Å². The SMILES string of the molecule is CN1C[C@H](N(OC(C)(C)C(=O)OC(C)(C)C)C(=O)C(F)(F)F)CC[C@H]1C#N. The minimum atomic E-state index is -5.17. The predicted octanol–water partition coefficient (Wildman–Crippen LogP) is 2.42. The summed E-state index contributed by atoms with van der Waals surface area (Å²) >= 11 is 0. The zero-order valence-corrected chi connectivity index (χ0v) is 16.4. The number of carbonyl (C=O) groups excluding carboxylic acids is 2. The number of halogens is 3. The molecule has 27 heavy (non-hydrogen) atoms. The average Bonchev–Trinajstić information content (AvgIpc) is 2.49. The van der Waals surface area contributed by atoms with E-state index in [1.165, 1.54) is 13.8 Å². The van der Waals surface area contributed by atoms with Gasteiger partial charge in [-0.15, -0.1) is 0 Å². The molecule has 1 aliphatic rings. The molecule has 1 aliphatic heterocycles. The van der Waals surface area contributed by atoms with E-state index in [0.29, 0.717) is 0 Å². The van der Waals surface area contributed by atoms with E-state index in [9.17, 15) is 22.8 Å². The molecule has 1 amide bonds. The number of ether oxygens (including phenoxy) is 1. The molecule has 0 unspecified atom stereocenters. The molecule has 154 valence electrons. The quantitative estimate of drug-likeness (QED) is 0.539. The first-order valence-corrected chi connectivity index (χ1v) is 8.51. The number of carbonyl (C=O) groups is 2. The number of nitrogens with zero attached hydrogens (tertiary/aromatic N) is 3. The van der Waals surface area contributed by atoms with Crippen molar-refractivity contribution in [2.45, 2.75) is 76.9 Å². The van der Waals surface area contributed by atoms with Gasteiger partial charge in [0.15, 0.2) is 5.60 Å². The van der Waals surface area contributed by atoms with Crippen molar-refractivity contribution in [3.05, 3.63) is 0 Å². The molecule has 7 nitrogen and oxygen atoms in total. The average molecular weight is 393 g/mol. The Morgan fingerprint density at radius 1 is 1.15 bits per heavy atom. The van der Waals surface area contributed by atoms with Gasteiger partial charge in [0.1, 0.15) is 5.60 Å². The number of hydroxylamine groups is 2. The summed E-state index contributed by atoms with van der Waals surface area (Å²) in [6.45, 7) is 7.31. The van der Waals surface area contributed by atoms with E-state index < -0.39 is 41.3 Å². The summed E-state index contributed by atoms with van der Waals surface area (Å²) in [5, 5.41) is 9.26. The molecule has 0 N–H and O–H groups in total. The summed E-state index contributed by atoms with van der Waals surface area (Å²) in [5.41, 5.74) is -2.69. The van der Waals surface area contributed by atoms with Crippen molar-refractivity contribution in [1.29, 1.82) is 5.26 Å². The van der Waals surface area contributed by atoms with Crippen LogP contribution in [0.25, 0.3) is 0 Å². The van der Waals surface area contributed by atoms with Crippen LogP contribution >= 0.6 is 0 Å².